The van der Waals surface area contributed by atoms with E-state index in [-0.39, 0.29) is 6.10 Å². The summed E-state index contributed by atoms with van der Waals surface area (Å²) in [6, 6.07) is 19.4. The van der Waals surface area contributed by atoms with Crippen LogP contribution in [0.3, 0.4) is 0 Å². The largest absolute Gasteiger partial charge is 0.393 e. The smallest absolute Gasteiger partial charge is 0.0549 e. The summed E-state index contributed by atoms with van der Waals surface area (Å²) in [6.45, 7) is 5.02. The maximum absolute atomic E-state index is 9.56. The van der Waals surface area contributed by atoms with Crippen LogP contribution in [0.2, 0.25) is 0 Å². The van der Waals surface area contributed by atoms with Crippen LogP contribution in [0.5, 0.6) is 0 Å². The first-order valence-electron chi connectivity index (χ1n) is 7.77. The summed E-state index contributed by atoms with van der Waals surface area (Å²) in [6.07, 6.45) is 1.44. The summed E-state index contributed by atoms with van der Waals surface area (Å²) >= 11 is 0. The summed E-state index contributed by atoms with van der Waals surface area (Å²) in [7, 11) is 0. The molecule has 2 atom stereocenters. The first kappa shape index (κ1) is 15.7. The summed E-state index contributed by atoms with van der Waals surface area (Å²) in [5.41, 5.74) is 3.77. The quantitative estimate of drug-likeness (QED) is 0.799. The molecule has 0 aliphatic heterocycles. The van der Waals surface area contributed by atoms with Crippen molar-refractivity contribution in [3.05, 3.63) is 60.2 Å². The number of hydrogen-bond acceptors (Lipinski definition) is 2. The van der Waals surface area contributed by atoms with Crippen LogP contribution in [0.1, 0.15) is 38.3 Å². The first-order valence-corrected chi connectivity index (χ1v) is 7.77. The number of hydrogen-bond donors (Lipinski definition) is 2. The maximum atomic E-state index is 9.56. The third-order valence-corrected chi connectivity index (χ3v) is 3.92. The van der Waals surface area contributed by atoms with Gasteiger partial charge >= 0.3 is 0 Å². The molecule has 2 heteroatoms. The Bertz CT molecular complexity index is 521. The van der Waals surface area contributed by atoms with E-state index in [2.05, 4.69) is 60.8 Å². The highest BCUT2D eigenvalue weighted by Gasteiger charge is 2.06. The van der Waals surface area contributed by atoms with Gasteiger partial charge in [-0.25, -0.2) is 0 Å². The summed E-state index contributed by atoms with van der Waals surface area (Å²) in [5, 5.41) is 13.0. The van der Waals surface area contributed by atoms with E-state index in [0.29, 0.717) is 6.04 Å². The lowest BCUT2D eigenvalue weighted by Gasteiger charge is -2.16. The Morgan fingerprint density at radius 3 is 2.19 bits per heavy atom. The predicted molar refractivity (Wildman–Crippen MR) is 89.2 cm³/mol. The number of benzene rings is 2. The van der Waals surface area contributed by atoms with Gasteiger partial charge in [0.25, 0.3) is 0 Å². The molecule has 0 spiro atoms. The van der Waals surface area contributed by atoms with Crippen LogP contribution in [0.25, 0.3) is 11.1 Å². The molecule has 0 aliphatic rings. The van der Waals surface area contributed by atoms with Crippen molar-refractivity contribution in [3.63, 3.8) is 0 Å². The van der Waals surface area contributed by atoms with E-state index in [4.69, 9.17) is 0 Å². The zero-order valence-electron chi connectivity index (χ0n) is 12.9. The average molecular weight is 283 g/mol. The summed E-state index contributed by atoms with van der Waals surface area (Å²) in [4.78, 5) is 0. The van der Waals surface area contributed by atoms with E-state index in [1.54, 1.807) is 0 Å². The summed E-state index contributed by atoms with van der Waals surface area (Å²) < 4.78 is 0. The Morgan fingerprint density at radius 1 is 0.952 bits per heavy atom. The highest BCUT2D eigenvalue weighted by Crippen LogP contribution is 2.21. The number of rotatable bonds is 7. The fraction of sp³-hybridized carbons (Fsp3) is 0.368. The van der Waals surface area contributed by atoms with Gasteiger partial charge in [0.1, 0.15) is 0 Å². The number of nitrogens with one attached hydrogen (secondary N) is 1. The molecule has 0 aromatic heterocycles. The molecule has 2 aromatic carbocycles. The molecule has 0 radical (unpaired) electrons. The van der Waals surface area contributed by atoms with Crippen molar-refractivity contribution < 1.29 is 5.11 Å². The van der Waals surface area contributed by atoms with Crippen LogP contribution in [0.4, 0.5) is 0 Å². The van der Waals surface area contributed by atoms with Crippen LogP contribution in [-0.4, -0.2) is 17.8 Å². The number of aliphatic hydroxyl groups is 1. The van der Waals surface area contributed by atoms with Gasteiger partial charge in [-0.3, -0.25) is 0 Å². The number of aliphatic hydroxyl groups excluding tert-OH is 1. The molecule has 2 aromatic rings. The van der Waals surface area contributed by atoms with Crippen molar-refractivity contribution in [2.24, 2.45) is 0 Å². The van der Waals surface area contributed by atoms with Crippen molar-refractivity contribution in [1.82, 2.24) is 5.32 Å². The molecule has 2 nitrogen and oxygen atoms in total. The molecule has 0 bridgehead atoms. The molecule has 0 saturated carbocycles. The highest BCUT2D eigenvalue weighted by molar-refractivity contribution is 5.63. The fourth-order valence-corrected chi connectivity index (χ4v) is 2.38. The topological polar surface area (TPSA) is 32.3 Å². The average Bonchev–Trinajstić information content (AvgIpc) is 2.55. The lowest BCUT2D eigenvalue weighted by atomic mass is 10.0. The second-order valence-corrected chi connectivity index (χ2v) is 5.51. The van der Waals surface area contributed by atoms with Crippen molar-refractivity contribution in [3.8, 4) is 11.1 Å². The van der Waals surface area contributed by atoms with Gasteiger partial charge in [0.15, 0.2) is 0 Å². The predicted octanol–water partition coefficient (Wildman–Crippen LogP) is 4.17. The Morgan fingerprint density at radius 2 is 1.57 bits per heavy atom. The Balaban J connectivity index is 1.92. The molecule has 0 amide bonds. The standard InChI is InChI=1S/C19H25NO/c1-3-19(21)13-14-20-15(2)16-9-11-18(12-10-16)17-7-5-4-6-8-17/h4-12,15,19-21H,3,13-14H2,1-2H3. The van der Waals surface area contributed by atoms with Crippen molar-refractivity contribution in [2.75, 3.05) is 6.54 Å². The second-order valence-electron chi connectivity index (χ2n) is 5.51. The van der Waals surface area contributed by atoms with E-state index in [9.17, 15) is 5.11 Å². The lowest BCUT2D eigenvalue weighted by Crippen LogP contribution is -2.23. The molecule has 0 saturated heterocycles. The Hall–Kier alpha value is -1.64. The van der Waals surface area contributed by atoms with E-state index in [0.717, 1.165) is 19.4 Å². The molecule has 2 unspecified atom stereocenters. The van der Waals surface area contributed by atoms with Crippen molar-refractivity contribution in [1.29, 1.82) is 0 Å². The van der Waals surface area contributed by atoms with Gasteiger partial charge < -0.3 is 10.4 Å². The monoisotopic (exact) mass is 283 g/mol. The van der Waals surface area contributed by atoms with Gasteiger partial charge in [0.2, 0.25) is 0 Å². The van der Waals surface area contributed by atoms with Crippen molar-refractivity contribution in [2.45, 2.75) is 38.8 Å². The molecule has 0 fully saturated rings. The van der Waals surface area contributed by atoms with Gasteiger partial charge in [0.05, 0.1) is 6.10 Å². The zero-order valence-corrected chi connectivity index (χ0v) is 12.9. The van der Waals surface area contributed by atoms with E-state index >= 15 is 0 Å². The normalized spacial score (nSPS) is 13.9. The SMILES string of the molecule is CCC(O)CCNC(C)c1ccc(-c2ccccc2)cc1. The van der Waals surface area contributed by atoms with Gasteiger partial charge in [0, 0.05) is 6.04 Å². The minimum atomic E-state index is -0.190. The maximum Gasteiger partial charge on any atom is 0.0549 e. The third-order valence-electron chi connectivity index (χ3n) is 3.92. The molecule has 21 heavy (non-hydrogen) atoms. The van der Waals surface area contributed by atoms with E-state index in [1.165, 1.54) is 16.7 Å². The molecule has 0 heterocycles. The van der Waals surface area contributed by atoms with Crippen LogP contribution in [0, 0.1) is 0 Å². The van der Waals surface area contributed by atoms with Crippen LogP contribution in [0.15, 0.2) is 54.6 Å². The first-order chi connectivity index (χ1) is 10.2. The van der Waals surface area contributed by atoms with Crippen LogP contribution in [-0.2, 0) is 0 Å². The molecule has 112 valence electrons. The molecular formula is C19H25NO. The van der Waals surface area contributed by atoms with Crippen LogP contribution >= 0.6 is 0 Å². The molecular weight excluding hydrogens is 258 g/mol. The summed E-state index contributed by atoms with van der Waals surface area (Å²) in [5.74, 6) is 0. The minimum absolute atomic E-state index is 0.190. The second kappa shape index (κ2) is 7.96. The molecule has 2 N–H and O–H groups in total. The molecule has 0 aliphatic carbocycles. The highest BCUT2D eigenvalue weighted by atomic mass is 16.3. The van der Waals surface area contributed by atoms with E-state index in [1.807, 2.05) is 13.0 Å². The van der Waals surface area contributed by atoms with Gasteiger partial charge in [-0.05, 0) is 43.0 Å². The molecule has 2 rings (SSSR count). The van der Waals surface area contributed by atoms with Crippen LogP contribution < -0.4 is 5.32 Å². The Kier molecular flexibility index (Phi) is 5.97. The zero-order chi connectivity index (χ0) is 15.1. The van der Waals surface area contributed by atoms with E-state index < -0.39 is 0 Å². The van der Waals surface area contributed by atoms with Crippen molar-refractivity contribution >= 4 is 0 Å². The van der Waals surface area contributed by atoms with Gasteiger partial charge in [-0.1, -0.05) is 61.5 Å². The Labute approximate surface area is 127 Å². The fourth-order valence-electron chi connectivity index (χ4n) is 2.38. The minimum Gasteiger partial charge on any atom is -0.393 e. The van der Waals surface area contributed by atoms with Gasteiger partial charge in [-0.15, -0.1) is 0 Å². The third kappa shape index (κ3) is 4.69. The lowest BCUT2D eigenvalue weighted by molar-refractivity contribution is 0.159. The van der Waals surface area contributed by atoms with Gasteiger partial charge in [-0.2, -0.15) is 0 Å².